The van der Waals surface area contributed by atoms with Crippen LogP contribution in [-0.4, -0.2) is 39.3 Å². The number of hydrogen-bond donors (Lipinski definition) is 1. The Morgan fingerprint density at radius 3 is 2.81 bits per heavy atom. The van der Waals surface area contributed by atoms with Crippen LogP contribution in [0.5, 0.6) is 0 Å². The van der Waals surface area contributed by atoms with E-state index in [0.29, 0.717) is 12.6 Å². The predicted molar refractivity (Wildman–Crippen MR) is 79.9 cm³/mol. The van der Waals surface area contributed by atoms with Gasteiger partial charge in [0.2, 0.25) is 0 Å². The highest BCUT2D eigenvalue weighted by Crippen LogP contribution is 2.30. The van der Waals surface area contributed by atoms with Crippen molar-refractivity contribution in [2.45, 2.75) is 25.1 Å². The molecule has 1 aliphatic heterocycles. The molecule has 1 saturated heterocycles. The number of thioether (sulfide) groups is 1. The van der Waals surface area contributed by atoms with Crippen molar-refractivity contribution in [3.05, 3.63) is 33.6 Å². The minimum absolute atomic E-state index is 0.0536. The summed E-state index contributed by atoms with van der Waals surface area (Å²) in [5, 5.41) is 11.3. The summed E-state index contributed by atoms with van der Waals surface area (Å²) in [6.45, 7) is 4.40. The van der Waals surface area contributed by atoms with Crippen LogP contribution in [0.15, 0.2) is 12.1 Å². The van der Waals surface area contributed by atoms with Gasteiger partial charge in [-0.3, -0.25) is 14.9 Å². The molecule has 1 aromatic carbocycles. The van der Waals surface area contributed by atoms with Crippen LogP contribution < -0.4 is 5.73 Å². The molecule has 2 unspecified atom stereocenters. The number of nitrogens with zero attached hydrogens (tertiary/aromatic N) is 2. The van der Waals surface area contributed by atoms with E-state index in [2.05, 4.69) is 0 Å². The van der Waals surface area contributed by atoms with Crippen molar-refractivity contribution in [2.75, 3.05) is 18.0 Å². The van der Waals surface area contributed by atoms with E-state index in [-0.39, 0.29) is 22.5 Å². The van der Waals surface area contributed by atoms with Crippen LogP contribution >= 0.6 is 11.8 Å². The number of nitrogen functional groups attached to an aromatic ring is 1. The molecule has 8 heteroatoms. The molecule has 0 spiro atoms. The second kappa shape index (κ2) is 5.88. The van der Waals surface area contributed by atoms with Crippen molar-refractivity contribution in [2.24, 2.45) is 0 Å². The Balaban J connectivity index is 2.43. The number of hydrogen-bond acceptors (Lipinski definition) is 5. The molecular formula is C13H16FN3O3S. The Morgan fingerprint density at radius 2 is 2.19 bits per heavy atom. The molecule has 2 rings (SSSR count). The average molecular weight is 313 g/mol. The smallest absolute Gasteiger partial charge is 0.285 e. The molecule has 114 valence electrons. The molecule has 6 nitrogen and oxygen atoms in total. The Labute approximate surface area is 125 Å². The van der Waals surface area contributed by atoms with E-state index in [4.69, 9.17) is 5.73 Å². The molecule has 0 saturated carbocycles. The summed E-state index contributed by atoms with van der Waals surface area (Å²) in [7, 11) is 0. The summed E-state index contributed by atoms with van der Waals surface area (Å²) in [5.41, 5.74) is 4.47. The summed E-state index contributed by atoms with van der Waals surface area (Å²) in [5.74, 6) is -0.608. The number of amides is 1. The normalized spacial score (nSPS) is 22.1. The van der Waals surface area contributed by atoms with Crippen LogP contribution in [0.2, 0.25) is 0 Å². The van der Waals surface area contributed by atoms with Gasteiger partial charge in [0.15, 0.2) is 5.82 Å². The van der Waals surface area contributed by atoms with Gasteiger partial charge in [-0.05, 0) is 13.0 Å². The Hall–Kier alpha value is -1.83. The molecule has 1 aromatic rings. The minimum atomic E-state index is -0.895. The molecule has 21 heavy (non-hydrogen) atoms. The molecule has 1 fully saturated rings. The third kappa shape index (κ3) is 2.94. The highest BCUT2D eigenvalue weighted by molar-refractivity contribution is 8.00. The van der Waals surface area contributed by atoms with Crippen molar-refractivity contribution in [1.82, 2.24) is 4.90 Å². The summed E-state index contributed by atoms with van der Waals surface area (Å²) in [6.07, 6.45) is 0. The van der Waals surface area contributed by atoms with Crippen molar-refractivity contribution in [3.63, 3.8) is 0 Å². The first kappa shape index (κ1) is 15.6. The molecule has 1 heterocycles. The van der Waals surface area contributed by atoms with E-state index in [9.17, 15) is 19.3 Å². The first-order valence-corrected chi connectivity index (χ1v) is 7.53. The fraction of sp³-hybridized carbons (Fsp3) is 0.462. The Morgan fingerprint density at radius 1 is 1.52 bits per heavy atom. The molecule has 2 N–H and O–H groups in total. The molecule has 0 aliphatic carbocycles. The molecule has 2 atom stereocenters. The first-order chi connectivity index (χ1) is 9.82. The standard InChI is InChI=1S/C13H16FN3O3S/c1-7-8(2)21-4-3-16(7)13(18)9-5-11(15)10(14)6-12(9)17(19)20/h5-8H,3-4,15H2,1-2H3. The van der Waals surface area contributed by atoms with Crippen molar-refractivity contribution in [3.8, 4) is 0 Å². The zero-order chi connectivity index (χ0) is 15.7. The maximum atomic E-state index is 13.4. The largest absolute Gasteiger partial charge is 0.396 e. The third-order valence-corrected chi connectivity index (χ3v) is 5.02. The molecule has 1 amide bonds. The van der Waals surface area contributed by atoms with Gasteiger partial charge in [0.1, 0.15) is 5.56 Å². The van der Waals surface area contributed by atoms with Crippen LogP contribution in [-0.2, 0) is 0 Å². The van der Waals surface area contributed by atoms with Gasteiger partial charge in [0.05, 0.1) is 16.7 Å². The van der Waals surface area contributed by atoms with Crippen LogP contribution in [0.4, 0.5) is 15.8 Å². The van der Waals surface area contributed by atoms with Crippen molar-refractivity contribution in [1.29, 1.82) is 0 Å². The molecule has 0 bridgehead atoms. The lowest BCUT2D eigenvalue weighted by molar-refractivity contribution is -0.385. The maximum Gasteiger partial charge on any atom is 0.285 e. The van der Waals surface area contributed by atoms with Gasteiger partial charge in [-0.25, -0.2) is 4.39 Å². The number of carbonyl (C=O) groups excluding carboxylic acids is 1. The number of rotatable bonds is 2. The van der Waals surface area contributed by atoms with Gasteiger partial charge in [-0.2, -0.15) is 11.8 Å². The van der Waals surface area contributed by atoms with Crippen LogP contribution in [0.3, 0.4) is 0 Å². The molecule has 0 radical (unpaired) electrons. The van der Waals surface area contributed by atoms with Crippen molar-refractivity contribution >= 4 is 29.0 Å². The quantitative estimate of drug-likeness (QED) is 0.514. The lowest BCUT2D eigenvalue weighted by Crippen LogP contribution is -2.48. The Kier molecular flexibility index (Phi) is 4.36. The third-order valence-electron chi connectivity index (χ3n) is 3.69. The van der Waals surface area contributed by atoms with E-state index in [1.165, 1.54) is 0 Å². The van der Waals surface area contributed by atoms with Gasteiger partial charge < -0.3 is 10.6 Å². The average Bonchev–Trinajstić information content (AvgIpc) is 2.43. The lowest BCUT2D eigenvalue weighted by atomic mass is 10.1. The highest BCUT2D eigenvalue weighted by atomic mass is 32.2. The number of benzene rings is 1. The highest BCUT2D eigenvalue weighted by Gasteiger charge is 2.33. The second-order valence-electron chi connectivity index (χ2n) is 4.96. The predicted octanol–water partition coefficient (Wildman–Crippen LogP) is 2.28. The summed E-state index contributed by atoms with van der Waals surface area (Å²) in [4.78, 5) is 24.4. The lowest BCUT2D eigenvalue weighted by Gasteiger charge is -2.37. The van der Waals surface area contributed by atoms with E-state index in [1.807, 2.05) is 13.8 Å². The number of anilines is 1. The van der Waals surface area contributed by atoms with Gasteiger partial charge >= 0.3 is 0 Å². The van der Waals surface area contributed by atoms with E-state index in [0.717, 1.165) is 11.8 Å². The number of halogens is 1. The fourth-order valence-corrected chi connectivity index (χ4v) is 3.38. The second-order valence-corrected chi connectivity index (χ2v) is 6.45. The summed E-state index contributed by atoms with van der Waals surface area (Å²) >= 11 is 1.75. The van der Waals surface area contributed by atoms with Gasteiger partial charge in [0, 0.05) is 23.6 Å². The SMILES string of the molecule is CC1SCCN(C(=O)c2cc(N)c(F)cc2[N+](=O)[O-])C1C. The van der Waals surface area contributed by atoms with E-state index >= 15 is 0 Å². The number of nitro groups is 1. The molecule has 0 aromatic heterocycles. The molecule has 1 aliphatic rings. The summed E-state index contributed by atoms with van der Waals surface area (Å²) in [6, 6.07) is 1.70. The first-order valence-electron chi connectivity index (χ1n) is 6.49. The summed E-state index contributed by atoms with van der Waals surface area (Å²) < 4.78 is 13.4. The van der Waals surface area contributed by atoms with Crippen LogP contribution in [0, 0.1) is 15.9 Å². The van der Waals surface area contributed by atoms with E-state index in [1.54, 1.807) is 16.7 Å². The number of carbonyl (C=O) groups is 1. The van der Waals surface area contributed by atoms with Gasteiger partial charge in [-0.1, -0.05) is 6.92 Å². The Bertz CT molecular complexity index is 596. The zero-order valence-electron chi connectivity index (χ0n) is 11.7. The number of nitrogens with two attached hydrogens (primary N) is 1. The monoisotopic (exact) mass is 313 g/mol. The minimum Gasteiger partial charge on any atom is -0.396 e. The number of nitro benzene ring substituents is 1. The van der Waals surface area contributed by atoms with Crippen LogP contribution in [0.1, 0.15) is 24.2 Å². The van der Waals surface area contributed by atoms with Gasteiger partial charge in [-0.15, -0.1) is 0 Å². The van der Waals surface area contributed by atoms with Crippen LogP contribution in [0.25, 0.3) is 0 Å². The fourth-order valence-electron chi connectivity index (χ4n) is 2.28. The van der Waals surface area contributed by atoms with Crippen molar-refractivity contribution < 1.29 is 14.1 Å². The van der Waals surface area contributed by atoms with E-state index < -0.39 is 22.3 Å². The molecular weight excluding hydrogens is 297 g/mol. The topological polar surface area (TPSA) is 89.5 Å². The van der Waals surface area contributed by atoms with Gasteiger partial charge in [0.25, 0.3) is 11.6 Å². The zero-order valence-corrected chi connectivity index (χ0v) is 12.5. The maximum absolute atomic E-state index is 13.4.